The van der Waals surface area contributed by atoms with Gasteiger partial charge in [-0.2, -0.15) is 0 Å². The summed E-state index contributed by atoms with van der Waals surface area (Å²) in [6.45, 7) is 5.83. The van der Waals surface area contributed by atoms with Crippen LogP contribution < -0.4 is 10.7 Å². The smallest absolute Gasteiger partial charge is 0.256 e. The molecule has 0 aromatic carbocycles. The van der Waals surface area contributed by atoms with Crippen LogP contribution in [0, 0.1) is 0 Å². The van der Waals surface area contributed by atoms with Gasteiger partial charge in [-0.1, -0.05) is 12.2 Å². The van der Waals surface area contributed by atoms with E-state index in [2.05, 4.69) is 16.9 Å². The third-order valence-corrected chi connectivity index (χ3v) is 1.62. The highest BCUT2D eigenvalue weighted by Gasteiger charge is 2.07. The molecule has 0 spiro atoms. The molecule has 0 aliphatic rings. The van der Waals surface area contributed by atoms with E-state index in [4.69, 9.17) is 0 Å². The van der Waals surface area contributed by atoms with Crippen LogP contribution >= 0.6 is 0 Å². The number of amides is 1. The van der Waals surface area contributed by atoms with Crippen molar-refractivity contribution in [2.24, 2.45) is 0 Å². The van der Waals surface area contributed by atoms with Gasteiger partial charge >= 0.3 is 0 Å². The molecule has 0 saturated heterocycles. The van der Waals surface area contributed by atoms with Crippen molar-refractivity contribution in [2.75, 3.05) is 6.54 Å². The van der Waals surface area contributed by atoms with Crippen molar-refractivity contribution in [3.63, 3.8) is 0 Å². The predicted octanol–water partition coefficient (Wildman–Crippen LogP) is 0.681. The van der Waals surface area contributed by atoms with Crippen LogP contribution in [0.3, 0.4) is 0 Å². The van der Waals surface area contributed by atoms with Gasteiger partial charge in [0.15, 0.2) is 5.43 Å². The summed E-state index contributed by atoms with van der Waals surface area (Å²) in [7, 11) is 0. The molecule has 1 rings (SSSR count). The second-order valence-electron chi connectivity index (χ2n) is 3.06. The molecule has 0 aliphatic heterocycles. The van der Waals surface area contributed by atoms with Gasteiger partial charge in [0, 0.05) is 25.0 Å². The van der Waals surface area contributed by atoms with Crippen LogP contribution in [0.15, 0.2) is 35.4 Å². The Bertz CT molecular complexity index is 407. The van der Waals surface area contributed by atoms with Crippen molar-refractivity contribution < 1.29 is 4.79 Å². The number of nitrogens with one attached hydrogen (secondary N) is 2. The number of aromatic nitrogens is 1. The maximum absolute atomic E-state index is 11.4. The zero-order valence-electron chi connectivity index (χ0n) is 7.96. The fourth-order valence-corrected chi connectivity index (χ4v) is 0.920. The first-order chi connectivity index (χ1) is 6.61. The summed E-state index contributed by atoms with van der Waals surface area (Å²) in [6, 6.07) is 1.32. The predicted molar refractivity (Wildman–Crippen MR) is 54.2 cm³/mol. The lowest BCUT2D eigenvalue weighted by molar-refractivity contribution is 0.0955. The van der Waals surface area contributed by atoms with Crippen molar-refractivity contribution in [2.45, 2.75) is 6.92 Å². The zero-order valence-corrected chi connectivity index (χ0v) is 7.96. The average Bonchev–Trinajstić information content (AvgIpc) is 2.15. The SMILES string of the molecule is C=C(C)CNC(=O)c1c[nH]ccc1=O. The van der Waals surface area contributed by atoms with Gasteiger partial charge in [0.05, 0.1) is 0 Å². The Labute approximate surface area is 81.7 Å². The molecule has 1 heterocycles. The van der Waals surface area contributed by atoms with Gasteiger partial charge in [0.1, 0.15) is 5.56 Å². The average molecular weight is 192 g/mol. The number of hydrogen-bond donors (Lipinski definition) is 2. The summed E-state index contributed by atoms with van der Waals surface area (Å²) in [5.74, 6) is -0.380. The summed E-state index contributed by atoms with van der Waals surface area (Å²) in [6.07, 6.45) is 2.87. The molecule has 1 aromatic rings. The summed E-state index contributed by atoms with van der Waals surface area (Å²) in [4.78, 5) is 25.3. The second-order valence-corrected chi connectivity index (χ2v) is 3.06. The van der Waals surface area contributed by atoms with Gasteiger partial charge in [-0.05, 0) is 6.92 Å². The third kappa shape index (κ3) is 2.58. The first-order valence-corrected chi connectivity index (χ1v) is 4.21. The van der Waals surface area contributed by atoms with Gasteiger partial charge < -0.3 is 10.3 Å². The molecule has 0 unspecified atom stereocenters. The fourth-order valence-electron chi connectivity index (χ4n) is 0.920. The lowest BCUT2D eigenvalue weighted by Gasteiger charge is -2.02. The highest BCUT2D eigenvalue weighted by molar-refractivity contribution is 5.93. The lowest BCUT2D eigenvalue weighted by Crippen LogP contribution is -2.29. The van der Waals surface area contributed by atoms with E-state index >= 15 is 0 Å². The first kappa shape index (κ1) is 10.2. The van der Waals surface area contributed by atoms with Gasteiger partial charge in [-0.15, -0.1) is 0 Å². The van der Waals surface area contributed by atoms with E-state index in [1.54, 1.807) is 6.92 Å². The van der Waals surface area contributed by atoms with Crippen LogP contribution in [0.25, 0.3) is 0 Å². The molecule has 0 atom stereocenters. The normalized spacial score (nSPS) is 9.50. The maximum Gasteiger partial charge on any atom is 0.256 e. The third-order valence-electron chi connectivity index (χ3n) is 1.62. The minimum absolute atomic E-state index is 0.119. The summed E-state index contributed by atoms with van der Waals surface area (Å²) in [5, 5.41) is 2.58. The van der Waals surface area contributed by atoms with Crippen molar-refractivity contribution in [1.82, 2.24) is 10.3 Å². The Morgan fingerprint density at radius 1 is 1.64 bits per heavy atom. The fraction of sp³-hybridized carbons (Fsp3) is 0.200. The highest BCUT2D eigenvalue weighted by atomic mass is 16.2. The number of pyridine rings is 1. The van der Waals surface area contributed by atoms with E-state index in [0.717, 1.165) is 5.57 Å². The molecule has 1 aromatic heterocycles. The summed E-state index contributed by atoms with van der Waals surface area (Å²) >= 11 is 0. The quantitative estimate of drug-likeness (QED) is 0.692. The number of carbonyl (C=O) groups is 1. The standard InChI is InChI=1S/C10H12N2O2/c1-7(2)5-12-10(14)8-6-11-4-3-9(8)13/h3-4,6H,1,5H2,2H3,(H,11,13)(H,12,14). The largest absolute Gasteiger partial charge is 0.367 e. The number of aromatic amines is 1. The molecule has 1 amide bonds. The van der Waals surface area contributed by atoms with Crippen molar-refractivity contribution in [3.8, 4) is 0 Å². The lowest BCUT2D eigenvalue weighted by atomic mass is 10.2. The number of H-pyrrole nitrogens is 1. The van der Waals surface area contributed by atoms with Gasteiger partial charge in [-0.3, -0.25) is 9.59 Å². The minimum Gasteiger partial charge on any atom is -0.367 e. The van der Waals surface area contributed by atoms with E-state index in [1.165, 1.54) is 18.5 Å². The van der Waals surface area contributed by atoms with E-state index in [9.17, 15) is 9.59 Å². The van der Waals surface area contributed by atoms with Crippen molar-refractivity contribution >= 4 is 5.91 Å². The van der Waals surface area contributed by atoms with Gasteiger partial charge in [0.2, 0.25) is 0 Å². The molecule has 4 nitrogen and oxygen atoms in total. The van der Waals surface area contributed by atoms with E-state index in [0.29, 0.717) is 6.54 Å². The zero-order chi connectivity index (χ0) is 10.6. The van der Waals surface area contributed by atoms with E-state index in [1.807, 2.05) is 0 Å². The van der Waals surface area contributed by atoms with Gasteiger partial charge in [-0.25, -0.2) is 0 Å². The van der Waals surface area contributed by atoms with Crippen LogP contribution in [0.4, 0.5) is 0 Å². The molecule has 0 aliphatic carbocycles. The monoisotopic (exact) mass is 192 g/mol. The number of rotatable bonds is 3. The molecule has 14 heavy (non-hydrogen) atoms. The Morgan fingerprint density at radius 3 is 2.93 bits per heavy atom. The van der Waals surface area contributed by atoms with E-state index < -0.39 is 0 Å². The van der Waals surface area contributed by atoms with E-state index in [-0.39, 0.29) is 16.9 Å². The molecule has 4 heteroatoms. The Hall–Kier alpha value is -1.84. The molecule has 0 saturated carbocycles. The van der Waals surface area contributed by atoms with Crippen LogP contribution in [-0.4, -0.2) is 17.4 Å². The van der Waals surface area contributed by atoms with Crippen LogP contribution in [0.2, 0.25) is 0 Å². The summed E-state index contributed by atoms with van der Waals surface area (Å²) in [5.41, 5.74) is 0.669. The molecule has 0 radical (unpaired) electrons. The molecular formula is C10H12N2O2. The van der Waals surface area contributed by atoms with Crippen LogP contribution in [0.1, 0.15) is 17.3 Å². The maximum atomic E-state index is 11.4. The second kappa shape index (κ2) is 4.41. The number of hydrogen-bond acceptors (Lipinski definition) is 2. The van der Waals surface area contributed by atoms with Crippen LogP contribution in [0.5, 0.6) is 0 Å². The molecule has 74 valence electrons. The van der Waals surface area contributed by atoms with Crippen molar-refractivity contribution in [3.05, 3.63) is 46.4 Å². The topological polar surface area (TPSA) is 62.0 Å². The van der Waals surface area contributed by atoms with Gasteiger partial charge in [0.25, 0.3) is 5.91 Å². The molecule has 0 bridgehead atoms. The van der Waals surface area contributed by atoms with Crippen molar-refractivity contribution in [1.29, 1.82) is 0 Å². The van der Waals surface area contributed by atoms with Crippen LogP contribution in [-0.2, 0) is 0 Å². The Balaban J connectivity index is 2.75. The number of carbonyl (C=O) groups excluding carboxylic acids is 1. The molecule has 2 N–H and O–H groups in total. The molecule has 0 fully saturated rings. The summed E-state index contributed by atoms with van der Waals surface area (Å²) < 4.78 is 0. The minimum atomic E-state index is -0.380. The highest BCUT2D eigenvalue weighted by Crippen LogP contribution is 1.89. The Kier molecular flexibility index (Phi) is 3.23. The Morgan fingerprint density at radius 2 is 2.36 bits per heavy atom. The first-order valence-electron chi connectivity index (χ1n) is 4.21. The molecular weight excluding hydrogens is 180 g/mol.